The van der Waals surface area contributed by atoms with Gasteiger partial charge in [-0.3, -0.25) is 24.0 Å². The molecule has 2 aliphatic heterocycles. The van der Waals surface area contributed by atoms with Crippen LogP contribution >= 0.6 is 0 Å². The van der Waals surface area contributed by atoms with E-state index in [4.69, 9.17) is 16.2 Å². The van der Waals surface area contributed by atoms with Gasteiger partial charge in [-0.1, -0.05) is 97.9 Å². The van der Waals surface area contributed by atoms with Crippen molar-refractivity contribution in [3.8, 4) is 22.9 Å². The van der Waals surface area contributed by atoms with E-state index in [0.717, 1.165) is 37.9 Å². The molecule has 7 rings (SSSR count). The number of nitrogens with two attached hydrogens (primary N) is 2. The molecule has 0 bridgehead atoms. The Labute approximate surface area is 326 Å². The van der Waals surface area contributed by atoms with Crippen LogP contribution in [0.15, 0.2) is 70.4 Å². The summed E-state index contributed by atoms with van der Waals surface area (Å²) in [7, 11) is 1.45. The van der Waals surface area contributed by atoms with Crippen LogP contribution in [-0.4, -0.2) is 40.9 Å². The van der Waals surface area contributed by atoms with Crippen molar-refractivity contribution >= 4 is 17.8 Å². The van der Waals surface area contributed by atoms with Crippen molar-refractivity contribution in [1.82, 2.24) is 34.3 Å². The molecule has 13 heteroatoms. The molecule has 0 saturated carbocycles. The van der Waals surface area contributed by atoms with Crippen LogP contribution < -0.4 is 32.8 Å². The number of hydrogen-bond acceptors (Lipinski definition) is 10. The summed E-state index contributed by atoms with van der Waals surface area (Å²) in [4.78, 5) is 55.4. The summed E-state index contributed by atoms with van der Waals surface area (Å²) < 4.78 is 9.65. The first-order valence-corrected chi connectivity index (χ1v) is 18.9. The standard InChI is InChI=1S/C43H51N9O4/c1-23-20-51(40(55)50(10)36(23)53)22-31-37(54)52(21-24-14-12-11-13-15-24)35(46-31)28-17-26(42(5,6)7)19-30-33(28)56-32-27(34-47-38(44)49-39(45)48-34)16-25(41(2,3)4)18-29(32)43(30,8)9/h11-20,31,35,46H,21-22H2,1-10H3,(H4,44,45,47,48,49)/t31-,35+/m0/s1. The molecule has 3 aromatic carbocycles. The Morgan fingerprint density at radius 1 is 0.839 bits per heavy atom. The average molecular weight is 758 g/mol. The molecule has 13 nitrogen and oxygen atoms in total. The van der Waals surface area contributed by atoms with E-state index < -0.39 is 23.3 Å². The number of carbonyl (C=O) groups excluding carboxylic acids is 1. The largest absolute Gasteiger partial charge is 0.456 e. The van der Waals surface area contributed by atoms with Gasteiger partial charge in [0.15, 0.2) is 5.82 Å². The maximum absolute atomic E-state index is 14.6. The fourth-order valence-corrected chi connectivity index (χ4v) is 7.68. The van der Waals surface area contributed by atoms with Gasteiger partial charge >= 0.3 is 5.69 Å². The molecule has 0 aliphatic carbocycles. The number of hydrogen-bond donors (Lipinski definition) is 3. The number of carbonyl (C=O) groups is 1. The number of anilines is 2. The van der Waals surface area contributed by atoms with Gasteiger partial charge in [-0.2, -0.15) is 15.0 Å². The molecule has 2 aromatic heterocycles. The number of nitrogens with zero attached hydrogens (tertiary/aromatic N) is 6. The highest BCUT2D eigenvalue weighted by atomic mass is 16.5. The SMILES string of the molecule is Cc1cn(C[C@@H]2N[C@@H](c3cc(C(C)(C)C)cc4c3Oc3c(-c5nc(N)nc(N)n5)cc(C(C)(C)C)cc3C4(C)C)N(Cc3ccccc3)C2=O)c(=O)n(C)c1=O. The second-order valence-electron chi connectivity index (χ2n) is 17.6. The summed E-state index contributed by atoms with van der Waals surface area (Å²) in [5.74, 6) is 1.27. The smallest absolute Gasteiger partial charge is 0.330 e. The summed E-state index contributed by atoms with van der Waals surface area (Å²) in [6.45, 7) is 19.3. The third kappa shape index (κ3) is 6.74. The van der Waals surface area contributed by atoms with Crippen LogP contribution in [0.3, 0.4) is 0 Å². The van der Waals surface area contributed by atoms with E-state index in [9.17, 15) is 14.4 Å². The monoisotopic (exact) mass is 757 g/mol. The molecule has 0 spiro atoms. The Kier molecular flexibility index (Phi) is 9.23. The summed E-state index contributed by atoms with van der Waals surface area (Å²) >= 11 is 0. The lowest BCUT2D eigenvalue weighted by Gasteiger charge is -2.40. The molecule has 2 atom stereocenters. The number of ether oxygens (including phenoxy) is 1. The van der Waals surface area contributed by atoms with E-state index in [2.05, 4.69) is 93.9 Å². The van der Waals surface area contributed by atoms with Gasteiger partial charge in [0.25, 0.3) is 5.56 Å². The maximum atomic E-state index is 14.6. The van der Waals surface area contributed by atoms with Crippen LogP contribution in [0.1, 0.15) is 100 Å². The lowest BCUT2D eigenvalue weighted by atomic mass is 9.70. The molecular formula is C43H51N9O4. The van der Waals surface area contributed by atoms with Crippen LogP contribution in [-0.2, 0) is 41.2 Å². The molecule has 1 amide bonds. The highest BCUT2D eigenvalue weighted by molar-refractivity contribution is 5.85. The van der Waals surface area contributed by atoms with E-state index in [1.54, 1.807) is 6.92 Å². The molecule has 5 aromatic rings. The lowest BCUT2D eigenvalue weighted by molar-refractivity contribution is -0.131. The van der Waals surface area contributed by atoms with E-state index in [-0.39, 0.29) is 40.7 Å². The van der Waals surface area contributed by atoms with Crippen molar-refractivity contribution in [1.29, 1.82) is 0 Å². The van der Waals surface area contributed by atoms with Crippen molar-refractivity contribution in [3.63, 3.8) is 0 Å². The Bertz CT molecular complexity index is 2490. The molecule has 5 N–H and O–H groups in total. The molecular weight excluding hydrogens is 707 g/mol. The van der Waals surface area contributed by atoms with Gasteiger partial charge in [0.1, 0.15) is 23.7 Å². The third-order valence-corrected chi connectivity index (χ3v) is 11.0. The number of fused-ring (bicyclic) bond motifs is 2. The quantitative estimate of drug-likeness (QED) is 0.198. The minimum absolute atomic E-state index is 0.00237. The molecule has 0 unspecified atom stereocenters. The first kappa shape index (κ1) is 38.5. The second kappa shape index (κ2) is 13.4. The topological polar surface area (TPSA) is 176 Å². The van der Waals surface area contributed by atoms with E-state index in [0.29, 0.717) is 35.0 Å². The first-order valence-electron chi connectivity index (χ1n) is 18.9. The van der Waals surface area contributed by atoms with Gasteiger partial charge in [-0.25, -0.2) is 4.79 Å². The maximum Gasteiger partial charge on any atom is 0.330 e. The van der Waals surface area contributed by atoms with Gasteiger partial charge in [-0.15, -0.1) is 0 Å². The van der Waals surface area contributed by atoms with Gasteiger partial charge < -0.3 is 21.1 Å². The normalized spacial score (nSPS) is 17.8. The predicted molar refractivity (Wildman–Crippen MR) is 217 cm³/mol. The molecule has 56 heavy (non-hydrogen) atoms. The van der Waals surface area contributed by atoms with Gasteiger partial charge in [0.2, 0.25) is 17.8 Å². The van der Waals surface area contributed by atoms with E-state index in [1.807, 2.05) is 41.3 Å². The minimum atomic E-state index is -0.794. The average Bonchev–Trinajstić information content (AvgIpc) is 3.41. The molecule has 2 aliphatic rings. The van der Waals surface area contributed by atoms with Crippen molar-refractivity contribution in [2.75, 3.05) is 11.5 Å². The van der Waals surface area contributed by atoms with Gasteiger partial charge in [0, 0.05) is 47.5 Å². The summed E-state index contributed by atoms with van der Waals surface area (Å²) in [6.07, 6.45) is 0.860. The van der Waals surface area contributed by atoms with Crippen LogP contribution in [0.4, 0.5) is 11.9 Å². The Morgan fingerprint density at radius 2 is 1.43 bits per heavy atom. The Morgan fingerprint density at radius 3 is 2.04 bits per heavy atom. The molecule has 0 radical (unpaired) electrons. The van der Waals surface area contributed by atoms with Crippen LogP contribution in [0.25, 0.3) is 11.4 Å². The Balaban J connectivity index is 1.45. The summed E-state index contributed by atoms with van der Waals surface area (Å²) in [5, 5.41) is 3.61. The van der Waals surface area contributed by atoms with Crippen molar-refractivity contribution in [2.24, 2.45) is 7.05 Å². The number of aryl methyl sites for hydroxylation is 1. The molecule has 1 fully saturated rings. The number of nitrogen functional groups attached to an aromatic ring is 2. The van der Waals surface area contributed by atoms with E-state index >= 15 is 0 Å². The van der Waals surface area contributed by atoms with Crippen molar-refractivity contribution in [3.05, 3.63) is 121 Å². The summed E-state index contributed by atoms with van der Waals surface area (Å²) in [6, 6.07) is 17.6. The van der Waals surface area contributed by atoms with Gasteiger partial charge in [0.05, 0.1) is 12.1 Å². The van der Waals surface area contributed by atoms with E-state index in [1.165, 1.54) is 17.8 Å². The number of nitrogens with one attached hydrogen (secondary N) is 1. The third-order valence-electron chi connectivity index (χ3n) is 11.0. The molecule has 1 saturated heterocycles. The van der Waals surface area contributed by atoms with Crippen LogP contribution in [0.5, 0.6) is 11.5 Å². The first-order chi connectivity index (χ1) is 26.1. The second-order valence-corrected chi connectivity index (χ2v) is 17.6. The zero-order valence-electron chi connectivity index (χ0n) is 33.8. The fraction of sp³-hybridized carbons (Fsp3) is 0.395. The van der Waals surface area contributed by atoms with Crippen molar-refractivity contribution in [2.45, 2.75) is 104 Å². The highest BCUT2D eigenvalue weighted by Gasteiger charge is 2.45. The van der Waals surface area contributed by atoms with Crippen LogP contribution in [0, 0.1) is 6.92 Å². The number of rotatable bonds is 6. The summed E-state index contributed by atoms with van der Waals surface area (Å²) in [5.41, 5.74) is 17.0. The Hall–Kier alpha value is -5.82. The van der Waals surface area contributed by atoms with Crippen molar-refractivity contribution < 1.29 is 9.53 Å². The zero-order valence-corrected chi connectivity index (χ0v) is 33.8. The number of benzene rings is 3. The minimum Gasteiger partial charge on any atom is -0.456 e. The number of amides is 1. The predicted octanol–water partition coefficient (Wildman–Crippen LogP) is 5.60. The number of aromatic nitrogens is 5. The van der Waals surface area contributed by atoms with Crippen LogP contribution in [0.2, 0.25) is 0 Å². The van der Waals surface area contributed by atoms with Gasteiger partial charge in [-0.05, 0) is 46.6 Å². The molecule has 4 heterocycles. The fourth-order valence-electron chi connectivity index (χ4n) is 7.68. The lowest BCUT2D eigenvalue weighted by Crippen LogP contribution is -2.43. The zero-order chi connectivity index (χ0) is 40.6. The highest BCUT2D eigenvalue weighted by Crippen LogP contribution is 2.55. The molecule has 292 valence electrons.